The van der Waals surface area contributed by atoms with E-state index in [4.69, 9.17) is 18.8 Å². The highest BCUT2D eigenvalue weighted by Crippen LogP contribution is 2.33. The number of pyridine rings is 1. The Labute approximate surface area is 196 Å². The van der Waals surface area contributed by atoms with Gasteiger partial charge in [-0.05, 0) is 56.5 Å². The highest BCUT2D eigenvalue weighted by molar-refractivity contribution is 6.34. The van der Waals surface area contributed by atoms with Gasteiger partial charge in [0, 0.05) is 36.9 Å². The van der Waals surface area contributed by atoms with Crippen LogP contribution in [0.3, 0.4) is 0 Å². The summed E-state index contributed by atoms with van der Waals surface area (Å²) in [5, 5.41) is 29.6. The SMILES string of the molecule is CCCOc1cc(-c2cncc([C@@H](CO)COB(O)OC(C)(C)C[C@@H](C)O)c2)ccc1OC. The van der Waals surface area contributed by atoms with Gasteiger partial charge in [0.2, 0.25) is 0 Å². The molecular formula is C24H36BNO7. The minimum Gasteiger partial charge on any atom is -0.493 e. The van der Waals surface area contributed by atoms with Crippen molar-refractivity contribution in [2.75, 3.05) is 26.9 Å². The standard InChI is InChI=1S/C24H36BNO7/c1-6-9-31-23-11-18(7-8-22(23)30-5)19-10-20(14-26-13-19)21(15-27)16-32-25(29)33-24(3,4)12-17(2)28/h7-8,10-11,13-14,17,21,27-29H,6,9,12,15-16H2,1-5H3/t17-,21+/m1/s1. The zero-order valence-electron chi connectivity index (χ0n) is 20.2. The molecular weight excluding hydrogens is 425 g/mol. The molecule has 1 heterocycles. The molecule has 9 heteroatoms. The summed E-state index contributed by atoms with van der Waals surface area (Å²) in [6.45, 7) is 7.63. The predicted octanol–water partition coefficient (Wildman–Crippen LogP) is 3.18. The fraction of sp³-hybridized carbons (Fsp3) is 0.542. The number of methoxy groups -OCH3 is 1. The molecule has 0 saturated heterocycles. The lowest BCUT2D eigenvalue weighted by molar-refractivity contribution is -0.00453. The van der Waals surface area contributed by atoms with Gasteiger partial charge in [0.05, 0.1) is 32.0 Å². The summed E-state index contributed by atoms with van der Waals surface area (Å²) in [7, 11) is 0.120. The summed E-state index contributed by atoms with van der Waals surface area (Å²) >= 11 is 0. The Hall–Kier alpha value is -2.17. The molecule has 0 aliphatic rings. The fourth-order valence-electron chi connectivity index (χ4n) is 3.54. The highest BCUT2D eigenvalue weighted by atomic mass is 16.7. The molecule has 182 valence electrons. The van der Waals surface area contributed by atoms with Crippen LogP contribution >= 0.6 is 0 Å². The largest absolute Gasteiger partial charge is 0.637 e. The molecule has 2 rings (SSSR count). The maximum atomic E-state index is 10.1. The van der Waals surface area contributed by atoms with E-state index >= 15 is 0 Å². The number of hydrogen-bond acceptors (Lipinski definition) is 8. The quantitative estimate of drug-likeness (QED) is 0.368. The highest BCUT2D eigenvalue weighted by Gasteiger charge is 2.30. The molecule has 2 aromatic rings. The smallest absolute Gasteiger partial charge is 0.493 e. The topological polar surface area (TPSA) is 111 Å². The van der Waals surface area contributed by atoms with Gasteiger partial charge in [-0.2, -0.15) is 0 Å². The normalized spacial score (nSPS) is 13.5. The van der Waals surface area contributed by atoms with Crippen LogP contribution in [0.25, 0.3) is 11.1 Å². The number of aliphatic hydroxyl groups excluding tert-OH is 2. The van der Waals surface area contributed by atoms with Gasteiger partial charge in [0.25, 0.3) is 0 Å². The lowest BCUT2D eigenvalue weighted by Crippen LogP contribution is -2.38. The molecule has 33 heavy (non-hydrogen) atoms. The third-order valence-electron chi connectivity index (χ3n) is 5.06. The zero-order chi connectivity index (χ0) is 24.4. The molecule has 2 atom stereocenters. The van der Waals surface area contributed by atoms with Crippen LogP contribution in [0.1, 0.15) is 52.0 Å². The minimum absolute atomic E-state index is 0.0288. The predicted molar refractivity (Wildman–Crippen MR) is 127 cm³/mol. The van der Waals surface area contributed by atoms with E-state index in [1.54, 1.807) is 40.3 Å². The monoisotopic (exact) mass is 461 g/mol. The van der Waals surface area contributed by atoms with Crippen LogP contribution in [-0.4, -0.2) is 66.2 Å². The first-order valence-electron chi connectivity index (χ1n) is 11.2. The lowest BCUT2D eigenvalue weighted by atomic mass is 9.97. The second-order valence-electron chi connectivity index (χ2n) is 8.67. The van der Waals surface area contributed by atoms with Gasteiger partial charge in [-0.3, -0.25) is 4.98 Å². The van der Waals surface area contributed by atoms with Crippen LogP contribution in [0.2, 0.25) is 0 Å². The van der Waals surface area contributed by atoms with Crippen molar-refractivity contribution >= 4 is 7.32 Å². The third kappa shape index (κ3) is 8.60. The molecule has 0 amide bonds. The number of aliphatic hydroxyl groups is 2. The average Bonchev–Trinajstić information content (AvgIpc) is 2.76. The van der Waals surface area contributed by atoms with Gasteiger partial charge in [-0.25, -0.2) is 0 Å². The van der Waals surface area contributed by atoms with Crippen LogP contribution in [0.5, 0.6) is 11.5 Å². The Bertz CT molecular complexity index is 862. The maximum absolute atomic E-state index is 10.1. The molecule has 0 saturated carbocycles. The first-order valence-corrected chi connectivity index (χ1v) is 11.2. The number of nitrogens with zero attached hydrogens (tertiary/aromatic N) is 1. The van der Waals surface area contributed by atoms with Crippen molar-refractivity contribution in [2.45, 2.75) is 58.2 Å². The molecule has 3 N–H and O–H groups in total. The van der Waals surface area contributed by atoms with Gasteiger partial charge in [0.1, 0.15) is 0 Å². The van der Waals surface area contributed by atoms with Crippen LogP contribution < -0.4 is 9.47 Å². The second kappa shape index (κ2) is 12.9. The number of rotatable bonds is 14. The van der Waals surface area contributed by atoms with E-state index in [0.717, 1.165) is 23.1 Å². The van der Waals surface area contributed by atoms with Gasteiger partial charge in [-0.1, -0.05) is 13.0 Å². The molecule has 0 bridgehead atoms. The molecule has 0 aliphatic heterocycles. The van der Waals surface area contributed by atoms with E-state index in [2.05, 4.69) is 4.98 Å². The first-order chi connectivity index (χ1) is 15.7. The Kier molecular flexibility index (Phi) is 10.6. The Morgan fingerprint density at radius 1 is 1.12 bits per heavy atom. The third-order valence-corrected chi connectivity index (χ3v) is 5.06. The molecule has 0 radical (unpaired) electrons. The van der Waals surface area contributed by atoms with Crippen LogP contribution in [0.4, 0.5) is 0 Å². The Balaban J connectivity index is 2.12. The van der Waals surface area contributed by atoms with E-state index in [-0.39, 0.29) is 13.2 Å². The summed E-state index contributed by atoms with van der Waals surface area (Å²) in [4.78, 5) is 4.32. The molecule has 0 unspecified atom stereocenters. The number of benzene rings is 1. The van der Waals surface area contributed by atoms with Gasteiger partial charge >= 0.3 is 7.32 Å². The van der Waals surface area contributed by atoms with Crippen LogP contribution in [0, 0.1) is 0 Å². The van der Waals surface area contributed by atoms with Gasteiger partial charge in [-0.15, -0.1) is 0 Å². The van der Waals surface area contributed by atoms with Crippen molar-refractivity contribution in [3.05, 3.63) is 42.2 Å². The molecule has 8 nitrogen and oxygen atoms in total. The number of aromatic nitrogens is 1. The molecule has 0 aliphatic carbocycles. The maximum Gasteiger partial charge on any atom is 0.637 e. The molecule has 0 fully saturated rings. The zero-order valence-corrected chi connectivity index (χ0v) is 20.2. The minimum atomic E-state index is -1.48. The summed E-state index contributed by atoms with van der Waals surface area (Å²) < 4.78 is 22.1. The molecule has 1 aromatic heterocycles. The van der Waals surface area contributed by atoms with E-state index in [1.807, 2.05) is 31.2 Å². The van der Waals surface area contributed by atoms with Crippen molar-refractivity contribution in [1.29, 1.82) is 0 Å². The van der Waals surface area contributed by atoms with Crippen molar-refractivity contribution in [1.82, 2.24) is 4.98 Å². The second-order valence-corrected chi connectivity index (χ2v) is 8.67. The molecule has 0 spiro atoms. The molecule has 1 aromatic carbocycles. The summed E-state index contributed by atoms with van der Waals surface area (Å²) in [5.74, 6) is 0.902. The number of ether oxygens (including phenoxy) is 2. The van der Waals surface area contributed by atoms with Crippen LogP contribution in [0.15, 0.2) is 36.7 Å². The van der Waals surface area contributed by atoms with E-state index in [1.165, 1.54) is 0 Å². The fourth-order valence-corrected chi connectivity index (χ4v) is 3.54. The van der Waals surface area contributed by atoms with E-state index < -0.39 is 24.9 Å². The van der Waals surface area contributed by atoms with Crippen molar-refractivity contribution < 1.29 is 34.0 Å². The van der Waals surface area contributed by atoms with E-state index in [9.17, 15) is 15.2 Å². The Morgan fingerprint density at radius 3 is 2.52 bits per heavy atom. The Morgan fingerprint density at radius 2 is 1.88 bits per heavy atom. The average molecular weight is 461 g/mol. The van der Waals surface area contributed by atoms with Crippen LogP contribution in [-0.2, 0) is 9.31 Å². The van der Waals surface area contributed by atoms with E-state index in [0.29, 0.717) is 24.5 Å². The van der Waals surface area contributed by atoms with Gasteiger partial charge in [0.15, 0.2) is 11.5 Å². The summed E-state index contributed by atoms with van der Waals surface area (Å²) in [6.07, 6.45) is 4.05. The van der Waals surface area contributed by atoms with Crippen molar-refractivity contribution in [3.8, 4) is 22.6 Å². The summed E-state index contributed by atoms with van der Waals surface area (Å²) in [5.41, 5.74) is 1.74. The van der Waals surface area contributed by atoms with Gasteiger partial charge < -0.3 is 34.0 Å². The summed E-state index contributed by atoms with van der Waals surface area (Å²) in [6, 6.07) is 7.60. The van der Waals surface area contributed by atoms with Crippen molar-refractivity contribution in [3.63, 3.8) is 0 Å². The van der Waals surface area contributed by atoms with Crippen molar-refractivity contribution in [2.24, 2.45) is 0 Å². The lowest BCUT2D eigenvalue weighted by Gasteiger charge is -2.28. The first kappa shape index (κ1) is 27.1. The number of hydrogen-bond donors (Lipinski definition) is 3.